The van der Waals surface area contributed by atoms with Gasteiger partial charge in [0.25, 0.3) is 0 Å². The summed E-state index contributed by atoms with van der Waals surface area (Å²) in [7, 11) is 0. The van der Waals surface area contributed by atoms with Crippen LogP contribution in [0, 0.1) is 6.92 Å². The van der Waals surface area contributed by atoms with Crippen LogP contribution in [0.15, 0.2) is 40.4 Å². The van der Waals surface area contributed by atoms with Crippen molar-refractivity contribution in [2.45, 2.75) is 13.5 Å². The van der Waals surface area contributed by atoms with Gasteiger partial charge in [-0.2, -0.15) is 0 Å². The van der Waals surface area contributed by atoms with Gasteiger partial charge in [-0.25, -0.2) is 4.98 Å². The standard InChI is InChI=1S/C13H12BrN3S/c1-9-6-10(2-3-12(9)14)15-7-11-8-17-4-5-18-13(17)16-11/h2-6,8,15H,7H2,1H3. The number of nitrogens with zero attached hydrogens (tertiary/aromatic N) is 2. The van der Waals surface area contributed by atoms with Crippen LogP contribution < -0.4 is 5.32 Å². The molecule has 3 rings (SSSR count). The number of aryl methyl sites for hydroxylation is 1. The van der Waals surface area contributed by atoms with Crippen molar-refractivity contribution < 1.29 is 0 Å². The third kappa shape index (κ3) is 2.28. The molecule has 0 aliphatic heterocycles. The van der Waals surface area contributed by atoms with Crippen LogP contribution in [0.5, 0.6) is 0 Å². The van der Waals surface area contributed by atoms with E-state index in [2.05, 4.69) is 62.0 Å². The van der Waals surface area contributed by atoms with E-state index in [4.69, 9.17) is 0 Å². The van der Waals surface area contributed by atoms with Crippen LogP contribution in [0.1, 0.15) is 11.3 Å². The summed E-state index contributed by atoms with van der Waals surface area (Å²) in [5.41, 5.74) is 3.40. The summed E-state index contributed by atoms with van der Waals surface area (Å²) < 4.78 is 3.18. The van der Waals surface area contributed by atoms with E-state index in [0.29, 0.717) is 0 Å². The molecule has 0 aliphatic carbocycles. The van der Waals surface area contributed by atoms with Crippen molar-refractivity contribution in [1.82, 2.24) is 9.38 Å². The Bertz CT molecular complexity index is 658. The average molecular weight is 322 g/mol. The number of fused-ring (bicyclic) bond motifs is 1. The Morgan fingerprint density at radius 1 is 1.44 bits per heavy atom. The van der Waals surface area contributed by atoms with Gasteiger partial charge in [0.1, 0.15) is 0 Å². The molecule has 1 N–H and O–H groups in total. The quantitative estimate of drug-likeness (QED) is 0.787. The van der Waals surface area contributed by atoms with E-state index in [9.17, 15) is 0 Å². The number of rotatable bonds is 3. The molecule has 0 atom stereocenters. The van der Waals surface area contributed by atoms with Gasteiger partial charge in [0.05, 0.1) is 12.2 Å². The lowest BCUT2D eigenvalue weighted by molar-refractivity contribution is 1.08. The second kappa shape index (κ2) is 4.74. The van der Waals surface area contributed by atoms with Crippen LogP contribution in [0.4, 0.5) is 5.69 Å². The van der Waals surface area contributed by atoms with Crippen molar-refractivity contribution in [1.29, 1.82) is 0 Å². The van der Waals surface area contributed by atoms with Crippen LogP contribution in [0.2, 0.25) is 0 Å². The predicted octanol–water partition coefficient (Wildman–Crippen LogP) is 4.08. The Labute approximate surface area is 118 Å². The zero-order valence-electron chi connectivity index (χ0n) is 9.85. The zero-order valence-corrected chi connectivity index (χ0v) is 12.3. The van der Waals surface area contributed by atoms with Crippen molar-refractivity contribution in [3.63, 3.8) is 0 Å². The van der Waals surface area contributed by atoms with Crippen molar-refractivity contribution in [3.8, 4) is 0 Å². The number of nitrogens with one attached hydrogen (secondary N) is 1. The van der Waals surface area contributed by atoms with Gasteiger partial charge < -0.3 is 5.32 Å². The molecule has 0 amide bonds. The number of thiazole rings is 1. The highest BCUT2D eigenvalue weighted by atomic mass is 79.9. The van der Waals surface area contributed by atoms with E-state index in [0.717, 1.165) is 27.4 Å². The molecule has 0 fully saturated rings. The number of hydrogen-bond acceptors (Lipinski definition) is 3. The molecule has 0 bridgehead atoms. The molecule has 0 saturated heterocycles. The summed E-state index contributed by atoms with van der Waals surface area (Å²) in [6.07, 6.45) is 4.09. The maximum atomic E-state index is 4.54. The minimum atomic E-state index is 0.746. The number of imidazole rings is 1. The lowest BCUT2D eigenvalue weighted by Crippen LogP contribution is -1.99. The monoisotopic (exact) mass is 321 g/mol. The maximum absolute atomic E-state index is 4.54. The summed E-state index contributed by atoms with van der Waals surface area (Å²) in [5.74, 6) is 0. The van der Waals surface area contributed by atoms with Crippen molar-refractivity contribution in [3.05, 3.63) is 51.7 Å². The highest BCUT2D eigenvalue weighted by Crippen LogP contribution is 2.20. The molecule has 92 valence electrons. The second-order valence-corrected chi connectivity index (χ2v) is 5.87. The molecule has 0 spiro atoms. The topological polar surface area (TPSA) is 29.3 Å². The van der Waals surface area contributed by atoms with Gasteiger partial charge in [-0.1, -0.05) is 15.9 Å². The lowest BCUT2D eigenvalue weighted by atomic mass is 10.2. The molecule has 2 heterocycles. The van der Waals surface area contributed by atoms with Crippen LogP contribution in [0.25, 0.3) is 4.96 Å². The number of halogens is 1. The molecule has 0 saturated carbocycles. The third-order valence-corrected chi connectivity index (χ3v) is 4.44. The molecule has 3 aromatic rings. The average Bonchev–Trinajstić information content (AvgIpc) is 2.91. The van der Waals surface area contributed by atoms with E-state index in [1.165, 1.54) is 5.56 Å². The van der Waals surface area contributed by atoms with Crippen molar-refractivity contribution in [2.24, 2.45) is 0 Å². The minimum Gasteiger partial charge on any atom is -0.379 e. The molecule has 18 heavy (non-hydrogen) atoms. The first-order chi connectivity index (χ1) is 8.72. The maximum Gasteiger partial charge on any atom is 0.193 e. The smallest absolute Gasteiger partial charge is 0.193 e. The van der Waals surface area contributed by atoms with Gasteiger partial charge in [-0.3, -0.25) is 4.40 Å². The van der Waals surface area contributed by atoms with E-state index in [1.807, 2.05) is 11.6 Å². The molecule has 2 aromatic heterocycles. The van der Waals surface area contributed by atoms with E-state index >= 15 is 0 Å². The molecule has 0 unspecified atom stereocenters. The minimum absolute atomic E-state index is 0.746. The zero-order chi connectivity index (χ0) is 12.5. The van der Waals surface area contributed by atoms with Gasteiger partial charge in [0.15, 0.2) is 4.96 Å². The molecule has 3 nitrogen and oxygen atoms in total. The normalized spacial score (nSPS) is 11.0. The number of aromatic nitrogens is 2. The predicted molar refractivity (Wildman–Crippen MR) is 79.3 cm³/mol. The first kappa shape index (κ1) is 11.7. The molecule has 0 radical (unpaired) electrons. The van der Waals surface area contributed by atoms with E-state index in [1.54, 1.807) is 11.3 Å². The summed E-state index contributed by atoms with van der Waals surface area (Å²) >= 11 is 5.15. The number of anilines is 1. The second-order valence-electron chi connectivity index (χ2n) is 4.14. The van der Waals surface area contributed by atoms with Crippen LogP contribution in [-0.2, 0) is 6.54 Å². The van der Waals surface area contributed by atoms with Crippen molar-refractivity contribution in [2.75, 3.05) is 5.32 Å². The number of benzene rings is 1. The Kier molecular flexibility index (Phi) is 3.09. The van der Waals surface area contributed by atoms with Crippen molar-refractivity contribution >= 4 is 37.9 Å². The molecular weight excluding hydrogens is 310 g/mol. The van der Waals surface area contributed by atoms with Gasteiger partial charge >= 0.3 is 0 Å². The Balaban J connectivity index is 1.73. The summed E-state index contributed by atoms with van der Waals surface area (Å²) in [4.78, 5) is 5.58. The fraction of sp³-hybridized carbons (Fsp3) is 0.154. The Hall–Kier alpha value is -1.33. The van der Waals surface area contributed by atoms with Crippen LogP contribution >= 0.6 is 27.3 Å². The highest BCUT2D eigenvalue weighted by molar-refractivity contribution is 9.10. The van der Waals surface area contributed by atoms with Gasteiger partial charge in [-0.15, -0.1) is 11.3 Å². The summed E-state index contributed by atoms with van der Waals surface area (Å²) in [5, 5.41) is 5.43. The van der Waals surface area contributed by atoms with E-state index in [-0.39, 0.29) is 0 Å². The lowest BCUT2D eigenvalue weighted by Gasteiger charge is -2.06. The first-order valence-corrected chi connectivity index (χ1v) is 7.31. The van der Waals surface area contributed by atoms with Gasteiger partial charge in [-0.05, 0) is 30.7 Å². The van der Waals surface area contributed by atoms with Crippen LogP contribution in [-0.4, -0.2) is 9.38 Å². The Morgan fingerprint density at radius 3 is 3.11 bits per heavy atom. The Morgan fingerprint density at radius 2 is 2.33 bits per heavy atom. The summed E-state index contributed by atoms with van der Waals surface area (Å²) in [6, 6.07) is 6.25. The molecule has 5 heteroatoms. The molecule has 0 aliphatic rings. The highest BCUT2D eigenvalue weighted by Gasteiger charge is 2.02. The fourth-order valence-electron chi connectivity index (χ4n) is 1.81. The van der Waals surface area contributed by atoms with Gasteiger partial charge in [0, 0.05) is 27.9 Å². The first-order valence-electron chi connectivity index (χ1n) is 5.63. The van der Waals surface area contributed by atoms with E-state index < -0.39 is 0 Å². The number of hydrogen-bond donors (Lipinski definition) is 1. The molecular formula is C13H12BrN3S. The fourth-order valence-corrected chi connectivity index (χ4v) is 2.77. The van der Waals surface area contributed by atoms with Crippen LogP contribution in [0.3, 0.4) is 0 Å². The largest absolute Gasteiger partial charge is 0.379 e. The summed E-state index contributed by atoms with van der Waals surface area (Å²) in [6.45, 7) is 2.83. The third-order valence-electron chi connectivity index (χ3n) is 2.77. The SMILES string of the molecule is Cc1cc(NCc2cn3ccsc3n2)ccc1Br. The van der Waals surface area contributed by atoms with Gasteiger partial charge in [0.2, 0.25) is 0 Å². The molecule has 1 aromatic carbocycles.